The molecule has 4 nitrogen and oxygen atoms in total. The maximum atomic E-state index is 13.3. The summed E-state index contributed by atoms with van der Waals surface area (Å²) in [6, 6.07) is 10.5. The SMILES string of the molecule is CC(=O)NC1CCC2(CC1)CC(=O)C(c1c(C)cc(-c3ccc(F)cc3)cc1C)C(=O)C2. The molecular formula is C27H30FNO3. The number of aryl methyl sites for hydroxylation is 2. The lowest BCUT2D eigenvalue weighted by Crippen LogP contribution is -2.45. The summed E-state index contributed by atoms with van der Waals surface area (Å²) in [5, 5.41) is 2.97. The first kappa shape index (κ1) is 22.4. The van der Waals surface area contributed by atoms with Crippen LogP contribution in [0.2, 0.25) is 0 Å². The van der Waals surface area contributed by atoms with Gasteiger partial charge < -0.3 is 5.32 Å². The number of ketones is 2. The van der Waals surface area contributed by atoms with E-state index in [0.717, 1.165) is 53.5 Å². The Labute approximate surface area is 188 Å². The van der Waals surface area contributed by atoms with Gasteiger partial charge in [0.25, 0.3) is 0 Å². The second kappa shape index (κ2) is 8.61. The number of carbonyl (C=O) groups excluding carboxylic acids is 3. The van der Waals surface area contributed by atoms with Crippen molar-refractivity contribution in [1.82, 2.24) is 5.32 Å². The van der Waals surface area contributed by atoms with Crippen molar-refractivity contribution in [3.05, 3.63) is 58.9 Å². The first-order chi connectivity index (χ1) is 15.2. The highest BCUT2D eigenvalue weighted by Gasteiger charge is 2.47. The third-order valence-corrected chi connectivity index (χ3v) is 7.26. The highest BCUT2D eigenvalue weighted by atomic mass is 19.1. The minimum absolute atomic E-state index is 0.0139. The quantitative estimate of drug-likeness (QED) is 0.675. The summed E-state index contributed by atoms with van der Waals surface area (Å²) >= 11 is 0. The number of rotatable bonds is 3. The van der Waals surface area contributed by atoms with E-state index in [-0.39, 0.29) is 34.7 Å². The maximum Gasteiger partial charge on any atom is 0.217 e. The minimum Gasteiger partial charge on any atom is -0.354 e. The lowest BCUT2D eigenvalue weighted by atomic mass is 9.60. The number of carbonyl (C=O) groups is 3. The van der Waals surface area contributed by atoms with Gasteiger partial charge in [-0.1, -0.05) is 24.3 Å². The highest BCUT2D eigenvalue weighted by molar-refractivity contribution is 6.10. The molecule has 0 radical (unpaired) electrons. The smallest absolute Gasteiger partial charge is 0.217 e. The molecule has 4 rings (SSSR count). The van der Waals surface area contributed by atoms with Crippen LogP contribution < -0.4 is 5.32 Å². The van der Waals surface area contributed by atoms with Crippen LogP contribution in [0.4, 0.5) is 4.39 Å². The first-order valence-electron chi connectivity index (χ1n) is 11.4. The van der Waals surface area contributed by atoms with Gasteiger partial charge >= 0.3 is 0 Å². The normalized spacial score (nSPS) is 25.8. The van der Waals surface area contributed by atoms with Crippen molar-refractivity contribution in [2.75, 3.05) is 0 Å². The maximum absolute atomic E-state index is 13.3. The molecule has 2 fully saturated rings. The van der Waals surface area contributed by atoms with Crippen molar-refractivity contribution in [3.8, 4) is 11.1 Å². The Morgan fingerprint density at radius 1 is 0.938 bits per heavy atom. The van der Waals surface area contributed by atoms with Crippen LogP contribution in [0.5, 0.6) is 0 Å². The van der Waals surface area contributed by atoms with Gasteiger partial charge in [0, 0.05) is 25.8 Å². The van der Waals surface area contributed by atoms with Gasteiger partial charge in [-0.25, -0.2) is 4.39 Å². The Balaban J connectivity index is 1.55. The van der Waals surface area contributed by atoms with Crippen LogP contribution in [0, 0.1) is 25.1 Å². The van der Waals surface area contributed by atoms with Gasteiger partial charge in [-0.2, -0.15) is 0 Å². The van der Waals surface area contributed by atoms with Crippen molar-refractivity contribution in [3.63, 3.8) is 0 Å². The van der Waals surface area contributed by atoms with E-state index in [1.165, 1.54) is 19.1 Å². The van der Waals surface area contributed by atoms with Crippen LogP contribution in [0.25, 0.3) is 11.1 Å². The van der Waals surface area contributed by atoms with Crippen LogP contribution >= 0.6 is 0 Å². The zero-order valence-corrected chi connectivity index (χ0v) is 19.0. The van der Waals surface area contributed by atoms with E-state index in [1.807, 2.05) is 26.0 Å². The van der Waals surface area contributed by atoms with Crippen molar-refractivity contribution in [1.29, 1.82) is 0 Å². The Kier molecular flexibility index (Phi) is 6.02. The average Bonchev–Trinajstić information content (AvgIpc) is 2.71. The van der Waals surface area contributed by atoms with Gasteiger partial charge in [-0.15, -0.1) is 0 Å². The molecule has 0 bridgehead atoms. The molecule has 0 atom stereocenters. The van der Waals surface area contributed by atoms with Crippen LogP contribution in [0.1, 0.15) is 68.1 Å². The van der Waals surface area contributed by atoms with E-state index in [9.17, 15) is 18.8 Å². The molecule has 2 aliphatic carbocycles. The van der Waals surface area contributed by atoms with Crippen molar-refractivity contribution in [2.45, 2.75) is 71.3 Å². The van der Waals surface area contributed by atoms with Gasteiger partial charge in [-0.05, 0) is 84.9 Å². The van der Waals surface area contributed by atoms with Crippen LogP contribution in [-0.4, -0.2) is 23.5 Å². The summed E-state index contributed by atoms with van der Waals surface area (Å²) in [5.74, 6) is -0.982. The molecule has 5 heteroatoms. The number of hydrogen-bond acceptors (Lipinski definition) is 3. The van der Waals surface area contributed by atoms with E-state index < -0.39 is 5.92 Å². The fourth-order valence-corrected chi connectivity index (χ4v) is 5.76. The highest BCUT2D eigenvalue weighted by Crippen LogP contribution is 2.49. The molecule has 1 spiro atoms. The number of Topliss-reactive ketones (excluding diaryl/α,β-unsaturated/α-hetero) is 2. The molecule has 1 amide bonds. The van der Waals surface area contributed by atoms with E-state index in [2.05, 4.69) is 5.32 Å². The summed E-state index contributed by atoms with van der Waals surface area (Å²) < 4.78 is 13.3. The Morgan fingerprint density at radius 2 is 1.47 bits per heavy atom. The topological polar surface area (TPSA) is 63.2 Å². The number of nitrogens with one attached hydrogen (secondary N) is 1. The minimum atomic E-state index is -0.698. The molecular weight excluding hydrogens is 405 g/mol. The second-order valence-corrected chi connectivity index (χ2v) is 9.72. The monoisotopic (exact) mass is 435 g/mol. The van der Waals surface area contributed by atoms with Crippen LogP contribution in [0.3, 0.4) is 0 Å². The summed E-state index contributed by atoms with van der Waals surface area (Å²) in [6.07, 6.45) is 4.07. The van der Waals surface area contributed by atoms with Crippen molar-refractivity contribution < 1.29 is 18.8 Å². The average molecular weight is 436 g/mol. The molecule has 2 aromatic carbocycles. The van der Waals surface area contributed by atoms with E-state index in [1.54, 1.807) is 12.1 Å². The van der Waals surface area contributed by atoms with E-state index >= 15 is 0 Å². The molecule has 2 aliphatic rings. The summed E-state index contributed by atoms with van der Waals surface area (Å²) in [4.78, 5) is 37.9. The second-order valence-electron chi connectivity index (χ2n) is 9.72. The number of amides is 1. The largest absolute Gasteiger partial charge is 0.354 e. The summed E-state index contributed by atoms with van der Waals surface area (Å²) in [5.41, 5.74) is 4.26. The fraction of sp³-hybridized carbons (Fsp3) is 0.444. The Morgan fingerprint density at radius 3 is 1.97 bits per heavy atom. The fourth-order valence-electron chi connectivity index (χ4n) is 5.76. The van der Waals surface area contributed by atoms with Crippen molar-refractivity contribution >= 4 is 17.5 Å². The van der Waals surface area contributed by atoms with Gasteiger partial charge in [0.1, 0.15) is 23.3 Å². The Bertz CT molecular complexity index is 1020. The molecule has 2 saturated carbocycles. The lowest BCUT2D eigenvalue weighted by Gasteiger charge is -2.43. The number of hydrogen-bond donors (Lipinski definition) is 1. The number of halogens is 1. The molecule has 1 N–H and O–H groups in total. The number of benzene rings is 2. The van der Waals surface area contributed by atoms with Crippen LogP contribution in [0.15, 0.2) is 36.4 Å². The predicted molar refractivity (Wildman–Crippen MR) is 122 cm³/mol. The molecule has 0 saturated heterocycles. The molecule has 32 heavy (non-hydrogen) atoms. The molecule has 168 valence electrons. The zero-order valence-electron chi connectivity index (χ0n) is 19.0. The van der Waals surface area contributed by atoms with Gasteiger partial charge in [0.15, 0.2) is 0 Å². The first-order valence-corrected chi connectivity index (χ1v) is 11.4. The molecule has 0 heterocycles. The summed E-state index contributed by atoms with van der Waals surface area (Å²) in [7, 11) is 0. The molecule has 0 aromatic heterocycles. The standard InChI is InChI=1S/C27H30FNO3/c1-16-12-20(19-4-6-21(28)7-5-19)13-17(2)25(16)26-23(31)14-27(15-24(26)32)10-8-22(9-11-27)29-18(3)30/h4-7,12-13,22,26H,8-11,14-15H2,1-3H3,(H,29,30). The molecule has 2 aromatic rings. The molecule has 0 unspecified atom stereocenters. The van der Waals surface area contributed by atoms with Crippen LogP contribution in [-0.2, 0) is 14.4 Å². The Hall–Kier alpha value is -2.82. The van der Waals surface area contributed by atoms with Gasteiger partial charge in [-0.3, -0.25) is 14.4 Å². The van der Waals surface area contributed by atoms with Gasteiger partial charge in [0.05, 0.1) is 0 Å². The lowest BCUT2D eigenvalue weighted by molar-refractivity contribution is -0.138. The van der Waals surface area contributed by atoms with E-state index in [4.69, 9.17) is 0 Å². The third kappa shape index (κ3) is 4.38. The zero-order chi connectivity index (χ0) is 23.0. The van der Waals surface area contributed by atoms with E-state index in [0.29, 0.717) is 12.8 Å². The van der Waals surface area contributed by atoms with Crippen molar-refractivity contribution in [2.24, 2.45) is 5.41 Å². The van der Waals surface area contributed by atoms with Gasteiger partial charge in [0.2, 0.25) is 5.91 Å². The predicted octanol–water partition coefficient (Wildman–Crippen LogP) is 5.19. The summed E-state index contributed by atoms with van der Waals surface area (Å²) in [6.45, 7) is 5.41. The molecule has 0 aliphatic heterocycles. The third-order valence-electron chi connectivity index (χ3n) is 7.26.